The van der Waals surface area contributed by atoms with Gasteiger partial charge in [-0.15, -0.1) is 0 Å². The van der Waals surface area contributed by atoms with Gasteiger partial charge in [0.2, 0.25) is 11.8 Å². The van der Waals surface area contributed by atoms with Crippen LogP contribution in [0, 0.1) is 5.92 Å². The molecule has 6 nitrogen and oxygen atoms in total. The van der Waals surface area contributed by atoms with E-state index in [0.717, 1.165) is 50.3 Å². The van der Waals surface area contributed by atoms with E-state index < -0.39 is 0 Å². The first-order valence-electron chi connectivity index (χ1n) is 10.5. The van der Waals surface area contributed by atoms with Crippen LogP contribution in [0.3, 0.4) is 0 Å². The van der Waals surface area contributed by atoms with Crippen LogP contribution in [0.2, 0.25) is 0 Å². The summed E-state index contributed by atoms with van der Waals surface area (Å²) in [7, 11) is 1.64. The van der Waals surface area contributed by atoms with Crippen molar-refractivity contribution in [3.05, 3.63) is 29.8 Å². The first-order valence-corrected chi connectivity index (χ1v) is 10.5. The van der Waals surface area contributed by atoms with Crippen LogP contribution in [0.15, 0.2) is 24.3 Å². The molecule has 1 aliphatic heterocycles. The molecule has 2 aliphatic rings. The van der Waals surface area contributed by atoms with Crippen molar-refractivity contribution >= 4 is 11.8 Å². The molecule has 0 aromatic heterocycles. The number of carbonyl (C=O) groups excluding carboxylic acids is 2. The number of carbonyl (C=O) groups is 2. The number of hydrogen-bond acceptors (Lipinski definition) is 4. The molecule has 1 aromatic carbocycles. The van der Waals surface area contributed by atoms with Gasteiger partial charge in [0.05, 0.1) is 13.2 Å². The average molecular weight is 388 g/mol. The summed E-state index contributed by atoms with van der Waals surface area (Å²) in [5, 5.41) is 3.02. The number of ether oxygens (including phenoxy) is 1. The van der Waals surface area contributed by atoms with Crippen molar-refractivity contribution in [3.8, 4) is 5.75 Å². The molecule has 1 unspecified atom stereocenters. The summed E-state index contributed by atoms with van der Waals surface area (Å²) < 4.78 is 5.22. The SMILES string of the molecule is COc1cccc(CNC(=O)C(C)N2CCN(C(=O)C3CCCCC3)CC2)c1. The van der Waals surface area contributed by atoms with Crippen LogP contribution in [0.5, 0.6) is 5.75 Å². The Bertz CT molecular complexity index is 665. The largest absolute Gasteiger partial charge is 0.497 e. The van der Waals surface area contributed by atoms with Crippen molar-refractivity contribution in [2.45, 2.75) is 51.6 Å². The fourth-order valence-electron chi connectivity index (χ4n) is 4.22. The first kappa shape index (κ1) is 20.6. The van der Waals surface area contributed by atoms with E-state index in [-0.39, 0.29) is 17.9 Å². The van der Waals surface area contributed by atoms with Gasteiger partial charge >= 0.3 is 0 Å². The molecule has 0 bridgehead atoms. The zero-order valence-corrected chi connectivity index (χ0v) is 17.2. The van der Waals surface area contributed by atoms with Crippen molar-refractivity contribution in [3.63, 3.8) is 0 Å². The highest BCUT2D eigenvalue weighted by atomic mass is 16.5. The predicted molar refractivity (Wildman–Crippen MR) is 109 cm³/mol. The molecule has 1 aromatic rings. The molecular formula is C22H33N3O3. The van der Waals surface area contributed by atoms with Gasteiger partial charge in [-0.05, 0) is 37.5 Å². The van der Waals surface area contributed by atoms with Gasteiger partial charge in [-0.3, -0.25) is 14.5 Å². The number of piperazine rings is 1. The van der Waals surface area contributed by atoms with Crippen LogP contribution in [0.25, 0.3) is 0 Å². The molecule has 2 fully saturated rings. The molecule has 28 heavy (non-hydrogen) atoms. The van der Waals surface area contributed by atoms with Crippen LogP contribution < -0.4 is 10.1 Å². The monoisotopic (exact) mass is 387 g/mol. The van der Waals surface area contributed by atoms with Crippen LogP contribution in [-0.4, -0.2) is 60.9 Å². The minimum absolute atomic E-state index is 0.0230. The second-order valence-corrected chi connectivity index (χ2v) is 7.94. The third-order valence-corrected chi connectivity index (χ3v) is 6.11. The van der Waals surface area contributed by atoms with E-state index in [4.69, 9.17) is 4.74 Å². The van der Waals surface area contributed by atoms with Crippen molar-refractivity contribution in [2.24, 2.45) is 5.92 Å². The zero-order chi connectivity index (χ0) is 19.9. The van der Waals surface area contributed by atoms with Gasteiger partial charge in [0.15, 0.2) is 0 Å². The minimum Gasteiger partial charge on any atom is -0.497 e. The Labute approximate surface area is 168 Å². The van der Waals surface area contributed by atoms with E-state index in [1.165, 1.54) is 19.3 Å². The molecule has 1 aliphatic carbocycles. The van der Waals surface area contributed by atoms with Crippen LogP contribution in [0.4, 0.5) is 0 Å². The van der Waals surface area contributed by atoms with Crippen molar-refractivity contribution in [1.29, 1.82) is 0 Å². The van der Waals surface area contributed by atoms with Gasteiger partial charge in [0.25, 0.3) is 0 Å². The summed E-state index contributed by atoms with van der Waals surface area (Å²) in [6, 6.07) is 7.52. The van der Waals surface area contributed by atoms with E-state index in [1.807, 2.05) is 36.1 Å². The second kappa shape index (κ2) is 9.92. The van der Waals surface area contributed by atoms with Gasteiger partial charge in [-0.25, -0.2) is 0 Å². The molecular weight excluding hydrogens is 354 g/mol. The van der Waals surface area contributed by atoms with Gasteiger partial charge in [0, 0.05) is 38.6 Å². The quantitative estimate of drug-likeness (QED) is 0.814. The molecule has 1 N–H and O–H groups in total. The fourth-order valence-corrected chi connectivity index (χ4v) is 4.22. The molecule has 1 heterocycles. The van der Waals surface area contributed by atoms with Gasteiger partial charge in [0.1, 0.15) is 5.75 Å². The Morgan fingerprint density at radius 2 is 1.86 bits per heavy atom. The highest BCUT2D eigenvalue weighted by molar-refractivity contribution is 5.81. The summed E-state index contributed by atoms with van der Waals surface area (Å²) in [4.78, 5) is 29.4. The number of hydrogen-bond donors (Lipinski definition) is 1. The van der Waals surface area contributed by atoms with E-state index >= 15 is 0 Å². The normalized spacial score (nSPS) is 19.9. The van der Waals surface area contributed by atoms with Gasteiger partial charge in [-0.2, -0.15) is 0 Å². The highest BCUT2D eigenvalue weighted by Crippen LogP contribution is 2.26. The fraction of sp³-hybridized carbons (Fsp3) is 0.636. The average Bonchev–Trinajstić information content (AvgIpc) is 2.77. The maximum Gasteiger partial charge on any atom is 0.237 e. The van der Waals surface area contributed by atoms with E-state index in [2.05, 4.69) is 10.2 Å². The lowest BCUT2D eigenvalue weighted by Crippen LogP contribution is -2.55. The number of nitrogens with one attached hydrogen (secondary N) is 1. The van der Waals surface area contributed by atoms with Crippen molar-refractivity contribution < 1.29 is 14.3 Å². The molecule has 6 heteroatoms. The molecule has 0 spiro atoms. The lowest BCUT2D eigenvalue weighted by Gasteiger charge is -2.39. The first-order chi connectivity index (χ1) is 13.6. The van der Waals surface area contributed by atoms with Gasteiger partial charge in [-0.1, -0.05) is 31.4 Å². The third kappa shape index (κ3) is 5.25. The number of methoxy groups -OCH3 is 1. The van der Waals surface area contributed by atoms with E-state index in [0.29, 0.717) is 12.5 Å². The minimum atomic E-state index is -0.197. The highest BCUT2D eigenvalue weighted by Gasteiger charge is 2.31. The molecule has 3 rings (SSSR count). The Kier molecular flexibility index (Phi) is 7.31. The Hall–Kier alpha value is -2.08. The summed E-state index contributed by atoms with van der Waals surface area (Å²) in [5.74, 6) is 1.37. The number of nitrogens with zero attached hydrogens (tertiary/aromatic N) is 2. The second-order valence-electron chi connectivity index (χ2n) is 7.94. The third-order valence-electron chi connectivity index (χ3n) is 6.11. The van der Waals surface area contributed by atoms with E-state index in [9.17, 15) is 9.59 Å². The van der Waals surface area contributed by atoms with Crippen LogP contribution >= 0.6 is 0 Å². The van der Waals surface area contributed by atoms with Crippen LogP contribution in [0.1, 0.15) is 44.6 Å². The summed E-state index contributed by atoms with van der Waals surface area (Å²) >= 11 is 0. The Balaban J connectivity index is 1.44. The lowest BCUT2D eigenvalue weighted by molar-refractivity contribution is -0.139. The molecule has 154 valence electrons. The Morgan fingerprint density at radius 1 is 1.14 bits per heavy atom. The number of amides is 2. The maximum atomic E-state index is 12.7. The maximum absolute atomic E-state index is 12.7. The van der Waals surface area contributed by atoms with Crippen molar-refractivity contribution in [1.82, 2.24) is 15.1 Å². The lowest BCUT2D eigenvalue weighted by atomic mass is 9.88. The molecule has 2 amide bonds. The summed E-state index contributed by atoms with van der Waals surface area (Å²) in [6.07, 6.45) is 5.71. The summed E-state index contributed by atoms with van der Waals surface area (Å²) in [6.45, 7) is 5.39. The molecule has 1 saturated carbocycles. The number of rotatable bonds is 6. The topological polar surface area (TPSA) is 61.9 Å². The number of benzene rings is 1. The predicted octanol–water partition coefficient (Wildman–Crippen LogP) is 2.42. The van der Waals surface area contributed by atoms with Gasteiger partial charge < -0.3 is 15.0 Å². The smallest absolute Gasteiger partial charge is 0.237 e. The van der Waals surface area contributed by atoms with E-state index in [1.54, 1.807) is 7.11 Å². The van der Waals surface area contributed by atoms with Crippen molar-refractivity contribution in [2.75, 3.05) is 33.3 Å². The van der Waals surface area contributed by atoms with Crippen LogP contribution in [-0.2, 0) is 16.1 Å². The summed E-state index contributed by atoms with van der Waals surface area (Å²) in [5.41, 5.74) is 1.02. The molecule has 1 atom stereocenters. The zero-order valence-electron chi connectivity index (χ0n) is 17.2. The standard InChI is InChI=1S/C22H33N3O3/c1-17(21(26)23-16-18-7-6-10-20(15-18)28-2)24-11-13-25(14-12-24)22(27)19-8-4-3-5-9-19/h6-7,10,15,17,19H,3-5,8-9,11-14,16H2,1-2H3,(H,23,26). The molecule has 1 saturated heterocycles. The molecule has 0 radical (unpaired) electrons. The Morgan fingerprint density at radius 3 is 2.54 bits per heavy atom.